The SMILES string of the molecule is Cc1cc(Cl)ccc1OC(C)c1nc(-c2ccccn2)n[nH]1. The van der Waals surface area contributed by atoms with Gasteiger partial charge in [0.25, 0.3) is 0 Å². The molecule has 0 saturated carbocycles. The van der Waals surface area contributed by atoms with Crippen molar-refractivity contribution in [2.45, 2.75) is 20.0 Å². The highest BCUT2D eigenvalue weighted by Crippen LogP contribution is 2.26. The number of hydrogen-bond acceptors (Lipinski definition) is 4. The second-order valence-electron chi connectivity index (χ2n) is 4.93. The fourth-order valence-corrected chi connectivity index (χ4v) is 2.28. The van der Waals surface area contributed by atoms with E-state index in [1.165, 1.54) is 0 Å². The van der Waals surface area contributed by atoms with Gasteiger partial charge in [-0.25, -0.2) is 4.98 Å². The minimum Gasteiger partial charge on any atom is -0.482 e. The Morgan fingerprint density at radius 1 is 1.23 bits per heavy atom. The zero-order valence-electron chi connectivity index (χ0n) is 12.2. The van der Waals surface area contributed by atoms with Crippen LogP contribution in [0.4, 0.5) is 0 Å². The lowest BCUT2D eigenvalue weighted by molar-refractivity contribution is 0.215. The zero-order chi connectivity index (χ0) is 15.5. The van der Waals surface area contributed by atoms with Crippen LogP contribution in [0.15, 0.2) is 42.6 Å². The summed E-state index contributed by atoms with van der Waals surface area (Å²) in [7, 11) is 0. The number of halogens is 1. The number of nitrogens with zero attached hydrogens (tertiary/aromatic N) is 3. The number of ether oxygens (including phenoxy) is 1. The molecule has 3 aromatic rings. The van der Waals surface area contributed by atoms with E-state index in [1.807, 2.05) is 44.2 Å². The molecule has 0 fully saturated rings. The fourth-order valence-electron chi connectivity index (χ4n) is 2.06. The van der Waals surface area contributed by atoms with Crippen LogP contribution in [0.25, 0.3) is 11.5 Å². The van der Waals surface area contributed by atoms with Gasteiger partial charge in [0, 0.05) is 11.2 Å². The van der Waals surface area contributed by atoms with Crippen molar-refractivity contribution in [1.29, 1.82) is 0 Å². The first-order valence-corrected chi connectivity index (χ1v) is 7.28. The van der Waals surface area contributed by atoms with Gasteiger partial charge >= 0.3 is 0 Å². The van der Waals surface area contributed by atoms with E-state index in [-0.39, 0.29) is 6.10 Å². The van der Waals surface area contributed by atoms with E-state index in [1.54, 1.807) is 12.3 Å². The second kappa shape index (κ2) is 6.15. The van der Waals surface area contributed by atoms with E-state index in [0.29, 0.717) is 16.7 Å². The number of benzene rings is 1. The molecule has 112 valence electrons. The lowest BCUT2D eigenvalue weighted by Crippen LogP contribution is -2.06. The number of nitrogens with one attached hydrogen (secondary N) is 1. The quantitative estimate of drug-likeness (QED) is 0.791. The molecular formula is C16H15ClN4O. The third-order valence-electron chi connectivity index (χ3n) is 3.22. The summed E-state index contributed by atoms with van der Waals surface area (Å²) in [5, 5.41) is 7.78. The summed E-state index contributed by atoms with van der Waals surface area (Å²) < 4.78 is 5.92. The fraction of sp³-hybridized carbons (Fsp3) is 0.188. The van der Waals surface area contributed by atoms with Crippen LogP contribution >= 0.6 is 11.6 Å². The summed E-state index contributed by atoms with van der Waals surface area (Å²) >= 11 is 5.95. The molecule has 0 spiro atoms. The molecule has 0 saturated heterocycles. The van der Waals surface area contributed by atoms with Crippen LogP contribution in [0, 0.1) is 6.92 Å². The molecule has 0 aliphatic heterocycles. The van der Waals surface area contributed by atoms with Crippen molar-refractivity contribution in [1.82, 2.24) is 20.2 Å². The smallest absolute Gasteiger partial charge is 0.199 e. The van der Waals surface area contributed by atoms with Crippen molar-refractivity contribution in [3.05, 3.63) is 59.0 Å². The summed E-state index contributed by atoms with van der Waals surface area (Å²) in [4.78, 5) is 8.67. The van der Waals surface area contributed by atoms with Gasteiger partial charge in [0.05, 0.1) is 0 Å². The Labute approximate surface area is 133 Å². The number of aromatic nitrogens is 4. The molecule has 0 amide bonds. The van der Waals surface area contributed by atoms with Gasteiger partial charge in [-0.2, -0.15) is 5.10 Å². The van der Waals surface area contributed by atoms with Crippen molar-refractivity contribution < 1.29 is 4.74 Å². The maximum Gasteiger partial charge on any atom is 0.199 e. The van der Waals surface area contributed by atoms with Crippen molar-refractivity contribution in [3.63, 3.8) is 0 Å². The molecule has 0 radical (unpaired) electrons. The van der Waals surface area contributed by atoms with Crippen LogP contribution in [0.2, 0.25) is 5.02 Å². The minimum absolute atomic E-state index is 0.259. The summed E-state index contributed by atoms with van der Waals surface area (Å²) in [6.45, 7) is 3.87. The maximum atomic E-state index is 5.95. The van der Waals surface area contributed by atoms with Crippen molar-refractivity contribution in [3.8, 4) is 17.3 Å². The number of aryl methyl sites for hydroxylation is 1. The molecule has 22 heavy (non-hydrogen) atoms. The van der Waals surface area contributed by atoms with Crippen molar-refractivity contribution in [2.75, 3.05) is 0 Å². The predicted octanol–water partition coefficient (Wildman–Crippen LogP) is 3.97. The van der Waals surface area contributed by atoms with Gasteiger partial charge in [0.15, 0.2) is 17.8 Å². The molecule has 1 unspecified atom stereocenters. The zero-order valence-corrected chi connectivity index (χ0v) is 13.0. The second-order valence-corrected chi connectivity index (χ2v) is 5.37. The van der Waals surface area contributed by atoms with Gasteiger partial charge in [-0.15, -0.1) is 0 Å². The first kappa shape index (κ1) is 14.5. The molecule has 1 atom stereocenters. The van der Waals surface area contributed by atoms with Gasteiger partial charge in [-0.05, 0) is 49.7 Å². The van der Waals surface area contributed by atoms with Crippen LogP contribution in [0.5, 0.6) is 5.75 Å². The van der Waals surface area contributed by atoms with Crippen LogP contribution in [0.3, 0.4) is 0 Å². The topological polar surface area (TPSA) is 63.7 Å². The van der Waals surface area contributed by atoms with Gasteiger partial charge in [0.2, 0.25) is 0 Å². The van der Waals surface area contributed by atoms with Crippen molar-refractivity contribution in [2.24, 2.45) is 0 Å². The van der Waals surface area contributed by atoms with Gasteiger partial charge < -0.3 is 4.74 Å². The highest BCUT2D eigenvalue weighted by atomic mass is 35.5. The Kier molecular flexibility index (Phi) is 4.06. The molecule has 2 aromatic heterocycles. The van der Waals surface area contributed by atoms with E-state index in [2.05, 4.69) is 20.2 Å². The largest absolute Gasteiger partial charge is 0.482 e. The van der Waals surface area contributed by atoms with Gasteiger partial charge in [-0.3, -0.25) is 10.1 Å². The lowest BCUT2D eigenvalue weighted by atomic mass is 10.2. The standard InChI is InChI=1S/C16H15ClN4O/c1-10-9-12(17)6-7-14(10)22-11(2)15-19-16(21-20-15)13-5-3-4-8-18-13/h3-9,11H,1-2H3,(H,19,20,21). The molecule has 0 aliphatic carbocycles. The monoisotopic (exact) mass is 314 g/mol. The lowest BCUT2D eigenvalue weighted by Gasteiger charge is -2.14. The molecule has 3 rings (SSSR count). The summed E-state index contributed by atoms with van der Waals surface area (Å²) in [6.07, 6.45) is 1.45. The molecule has 5 nitrogen and oxygen atoms in total. The Morgan fingerprint density at radius 2 is 2.09 bits per heavy atom. The van der Waals surface area contributed by atoms with E-state index < -0.39 is 0 Å². The van der Waals surface area contributed by atoms with E-state index in [4.69, 9.17) is 16.3 Å². The number of rotatable bonds is 4. The summed E-state index contributed by atoms with van der Waals surface area (Å²) in [5.41, 5.74) is 1.70. The minimum atomic E-state index is -0.259. The summed E-state index contributed by atoms with van der Waals surface area (Å²) in [5.74, 6) is 1.97. The molecule has 2 heterocycles. The molecular weight excluding hydrogens is 300 g/mol. The molecule has 0 bridgehead atoms. The Hall–Kier alpha value is -2.40. The highest BCUT2D eigenvalue weighted by Gasteiger charge is 2.15. The first-order chi connectivity index (χ1) is 10.6. The van der Waals surface area contributed by atoms with Crippen LogP contribution in [0.1, 0.15) is 24.4 Å². The number of aromatic amines is 1. The Bertz CT molecular complexity index is 773. The normalized spacial score (nSPS) is 12.1. The van der Waals surface area contributed by atoms with Gasteiger partial charge in [-0.1, -0.05) is 17.7 Å². The molecule has 1 aromatic carbocycles. The first-order valence-electron chi connectivity index (χ1n) is 6.90. The Balaban J connectivity index is 1.78. The molecule has 1 N–H and O–H groups in total. The predicted molar refractivity (Wildman–Crippen MR) is 84.8 cm³/mol. The third-order valence-corrected chi connectivity index (χ3v) is 3.46. The highest BCUT2D eigenvalue weighted by molar-refractivity contribution is 6.30. The average Bonchev–Trinajstić information content (AvgIpc) is 3.01. The third kappa shape index (κ3) is 3.09. The number of pyridine rings is 1. The Morgan fingerprint density at radius 3 is 2.82 bits per heavy atom. The number of hydrogen-bond donors (Lipinski definition) is 1. The van der Waals surface area contributed by atoms with Crippen molar-refractivity contribution >= 4 is 11.6 Å². The van der Waals surface area contributed by atoms with E-state index >= 15 is 0 Å². The molecule has 6 heteroatoms. The van der Waals surface area contributed by atoms with Crippen LogP contribution < -0.4 is 4.74 Å². The summed E-state index contributed by atoms with van der Waals surface area (Å²) in [6, 6.07) is 11.1. The van der Waals surface area contributed by atoms with E-state index in [9.17, 15) is 0 Å². The van der Waals surface area contributed by atoms with Crippen LogP contribution in [-0.2, 0) is 0 Å². The number of H-pyrrole nitrogens is 1. The van der Waals surface area contributed by atoms with Gasteiger partial charge in [0.1, 0.15) is 11.4 Å². The average molecular weight is 315 g/mol. The maximum absolute atomic E-state index is 5.95. The van der Waals surface area contributed by atoms with Crippen LogP contribution in [-0.4, -0.2) is 20.2 Å². The van der Waals surface area contributed by atoms with E-state index in [0.717, 1.165) is 17.0 Å². The molecule has 0 aliphatic rings.